The lowest BCUT2D eigenvalue weighted by Gasteiger charge is -2.19. The van der Waals surface area contributed by atoms with Crippen molar-refractivity contribution in [3.05, 3.63) is 59.7 Å². The number of hydrogen-bond acceptors (Lipinski definition) is 5. The fourth-order valence-electron chi connectivity index (χ4n) is 3.55. The number of carbonyl (C=O) groups is 1. The van der Waals surface area contributed by atoms with Crippen molar-refractivity contribution in [2.24, 2.45) is 0 Å². The van der Waals surface area contributed by atoms with Gasteiger partial charge in [0.05, 0.1) is 23.9 Å². The minimum Gasteiger partial charge on any atom is -0.390 e. The summed E-state index contributed by atoms with van der Waals surface area (Å²) in [5.41, 5.74) is 3.32. The number of aliphatic hydroxyl groups is 1. The number of amides is 2. The molecule has 144 valence electrons. The Morgan fingerprint density at radius 1 is 1.18 bits per heavy atom. The maximum atomic E-state index is 12.7. The molecule has 0 saturated heterocycles. The van der Waals surface area contributed by atoms with Crippen LogP contribution in [0.4, 0.5) is 10.5 Å². The number of carbonyl (C=O) groups excluding carboxylic acids is 1. The van der Waals surface area contributed by atoms with Crippen LogP contribution in [0.15, 0.2) is 48.5 Å². The molecule has 3 aromatic rings. The van der Waals surface area contributed by atoms with Crippen LogP contribution in [0, 0.1) is 0 Å². The molecule has 8 nitrogen and oxygen atoms in total. The lowest BCUT2D eigenvalue weighted by atomic mass is 10.1. The van der Waals surface area contributed by atoms with Gasteiger partial charge in [-0.15, -0.1) is 5.10 Å². The Hall–Kier alpha value is -3.26. The highest BCUT2D eigenvalue weighted by atomic mass is 16.3. The van der Waals surface area contributed by atoms with Gasteiger partial charge in [-0.05, 0) is 47.5 Å². The van der Waals surface area contributed by atoms with E-state index in [1.165, 1.54) is 0 Å². The van der Waals surface area contributed by atoms with Crippen molar-refractivity contribution in [1.29, 1.82) is 0 Å². The lowest BCUT2D eigenvalue weighted by Crippen LogP contribution is -2.36. The molecular formula is C20H22N6O2. The van der Waals surface area contributed by atoms with Gasteiger partial charge in [0.1, 0.15) is 0 Å². The monoisotopic (exact) mass is 378 g/mol. The van der Waals surface area contributed by atoms with Crippen LogP contribution < -0.4 is 10.6 Å². The summed E-state index contributed by atoms with van der Waals surface area (Å²) in [5.74, 6) is 0.581. The van der Waals surface area contributed by atoms with Crippen LogP contribution in [0.25, 0.3) is 11.4 Å². The van der Waals surface area contributed by atoms with Crippen molar-refractivity contribution < 1.29 is 9.90 Å². The summed E-state index contributed by atoms with van der Waals surface area (Å²) in [6.07, 6.45) is -0.118. The predicted molar refractivity (Wildman–Crippen MR) is 105 cm³/mol. The Balaban J connectivity index is 1.56. The number of hydrogen-bond donors (Lipinski definition) is 3. The summed E-state index contributed by atoms with van der Waals surface area (Å²) in [5, 5.41) is 28.0. The number of aromatic nitrogens is 4. The highest BCUT2D eigenvalue weighted by molar-refractivity contribution is 5.94. The van der Waals surface area contributed by atoms with Gasteiger partial charge < -0.3 is 15.7 Å². The summed E-state index contributed by atoms with van der Waals surface area (Å²) < 4.78 is 1.70. The van der Waals surface area contributed by atoms with E-state index in [0.717, 1.165) is 16.7 Å². The average molecular weight is 378 g/mol. The van der Waals surface area contributed by atoms with Gasteiger partial charge in [0.15, 0.2) is 5.82 Å². The van der Waals surface area contributed by atoms with Crippen LogP contribution in [0.2, 0.25) is 0 Å². The molecule has 1 aliphatic rings. The molecule has 4 rings (SSSR count). The minimum absolute atomic E-state index is 0.0806. The van der Waals surface area contributed by atoms with E-state index in [0.29, 0.717) is 17.9 Å². The van der Waals surface area contributed by atoms with Crippen LogP contribution in [0.3, 0.4) is 0 Å². The molecule has 2 amide bonds. The van der Waals surface area contributed by atoms with E-state index >= 15 is 0 Å². The largest absolute Gasteiger partial charge is 0.390 e. The van der Waals surface area contributed by atoms with Gasteiger partial charge in [-0.1, -0.05) is 36.4 Å². The molecular weight excluding hydrogens is 356 g/mol. The topological polar surface area (TPSA) is 105 Å². The van der Waals surface area contributed by atoms with Crippen molar-refractivity contribution in [3.63, 3.8) is 0 Å². The van der Waals surface area contributed by atoms with E-state index in [4.69, 9.17) is 0 Å². The van der Waals surface area contributed by atoms with E-state index in [2.05, 4.69) is 26.2 Å². The minimum atomic E-state index is -0.647. The number of tetrazole rings is 1. The summed E-state index contributed by atoms with van der Waals surface area (Å²) in [6, 6.07) is 14.4. The van der Waals surface area contributed by atoms with Crippen molar-refractivity contribution in [1.82, 2.24) is 25.5 Å². The molecule has 2 atom stereocenters. The van der Waals surface area contributed by atoms with Crippen molar-refractivity contribution in [2.75, 3.05) is 5.32 Å². The first-order chi connectivity index (χ1) is 13.5. The van der Waals surface area contributed by atoms with Gasteiger partial charge in [-0.25, -0.2) is 9.48 Å². The third kappa shape index (κ3) is 3.34. The number of anilines is 1. The van der Waals surface area contributed by atoms with E-state index < -0.39 is 18.2 Å². The fourth-order valence-corrected chi connectivity index (χ4v) is 3.55. The number of fused-ring (bicyclic) bond motifs is 1. The van der Waals surface area contributed by atoms with E-state index in [1.807, 2.05) is 56.3 Å². The third-order valence-corrected chi connectivity index (χ3v) is 4.89. The van der Waals surface area contributed by atoms with Crippen LogP contribution in [0.1, 0.15) is 37.1 Å². The molecule has 0 unspecified atom stereocenters. The smallest absolute Gasteiger partial charge is 0.319 e. The number of benzene rings is 2. The summed E-state index contributed by atoms with van der Waals surface area (Å²) in [4.78, 5) is 12.7. The molecule has 3 N–H and O–H groups in total. The molecule has 0 fully saturated rings. The quantitative estimate of drug-likeness (QED) is 0.647. The Morgan fingerprint density at radius 2 is 1.93 bits per heavy atom. The second-order valence-electron chi connectivity index (χ2n) is 7.13. The second kappa shape index (κ2) is 7.40. The Morgan fingerprint density at radius 3 is 2.75 bits per heavy atom. The highest BCUT2D eigenvalue weighted by Crippen LogP contribution is 2.32. The highest BCUT2D eigenvalue weighted by Gasteiger charge is 2.32. The molecule has 8 heteroatoms. The average Bonchev–Trinajstić information content (AvgIpc) is 3.28. The first-order valence-corrected chi connectivity index (χ1v) is 9.25. The lowest BCUT2D eigenvalue weighted by molar-refractivity contribution is 0.144. The van der Waals surface area contributed by atoms with E-state index in [-0.39, 0.29) is 6.04 Å². The summed E-state index contributed by atoms with van der Waals surface area (Å²) >= 11 is 0. The number of nitrogens with zero attached hydrogens (tertiary/aromatic N) is 4. The van der Waals surface area contributed by atoms with Crippen LogP contribution in [-0.4, -0.2) is 37.4 Å². The van der Waals surface area contributed by atoms with Crippen LogP contribution in [-0.2, 0) is 6.42 Å². The zero-order valence-corrected chi connectivity index (χ0v) is 15.7. The molecule has 28 heavy (non-hydrogen) atoms. The van der Waals surface area contributed by atoms with E-state index in [1.54, 1.807) is 10.7 Å². The summed E-state index contributed by atoms with van der Waals surface area (Å²) in [6.45, 7) is 3.98. The normalized spacial score (nSPS) is 18.1. The van der Waals surface area contributed by atoms with Crippen molar-refractivity contribution in [2.45, 2.75) is 38.5 Å². The van der Waals surface area contributed by atoms with Gasteiger partial charge in [0.25, 0.3) is 0 Å². The van der Waals surface area contributed by atoms with Crippen molar-refractivity contribution >= 4 is 11.7 Å². The first-order valence-electron chi connectivity index (χ1n) is 9.25. The maximum absolute atomic E-state index is 12.7. The Labute approximate surface area is 162 Å². The molecule has 1 heterocycles. The SMILES string of the molecule is CC(C)n1nnnc1-c1ccccc1NC(=O)N[C@H]1c2ccccc2C[C@H]1O. The number of aliphatic hydroxyl groups excluding tert-OH is 1. The van der Waals surface area contributed by atoms with Gasteiger partial charge in [-0.3, -0.25) is 0 Å². The van der Waals surface area contributed by atoms with Crippen molar-refractivity contribution in [3.8, 4) is 11.4 Å². The number of urea groups is 1. The van der Waals surface area contributed by atoms with Crippen LogP contribution in [0.5, 0.6) is 0 Å². The molecule has 0 bridgehead atoms. The predicted octanol–water partition coefficient (Wildman–Crippen LogP) is 2.70. The van der Waals surface area contributed by atoms with E-state index in [9.17, 15) is 9.90 Å². The van der Waals surface area contributed by atoms with Gasteiger partial charge in [0, 0.05) is 12.0 Å². The number of para-hydroxylation sites is 1. The zero-order valence-electron chi connectivity index (χ0n) is 15.7. The first kappa shape index (κ1) is 18.1. The number of rotatable bonds is 4. The maximum Gasteiger partial charge on any atom is 0.319 e. The zero-order chi connectivity index (χ0) is 19.7. The molecule has 0 saturated carbocycles. The molecule has 0 radical (unpaired) electrons. The van der Waals surface area contributed by atoms with Gasteiger partial charge >= 0.3 is 6.03 Å². The molecule has 1 aromatic heterocycles. The molecule has 0 aliphatic heterocycles. The number of nitrogens with one attached hydrogen (secondary N) is 2. The van der Waals surface area contributed by atoms with Crippen LogP contribution >= 0.6 is 0 Å². The Kier molecular flexibility index (Phi) is 4.79. The van der Waals surface area contributed by atoms with Gasteiger partial charge in [0.2, 0.25) is 0 Å². The molecule has 1 aliphatic carbocycles. The third-order valence-electron chi connectivity index (χ3n) is 4.89. The Bertz CT molecular complexity index is 1000. The fraction of sp³-hybridized carbons (Fsp3) is 0.300. The molecule has 0 spiro atoms. The standard InChI is InChI=1S/C20H22N6O2/c1-12(2)26-19(23-24-25-26)15-9-5-6-10-16(15)21-20(28)22-18-14-8-4-3-7-13(14)11-17(18)27/h3-10,12,17-18,27H,11H2,1-2H3,(H2,21,22,28)/t17-,18+/m1/s1. The summed E-state index contributed by atoms with van der Waals surface area (Å²) in [7, 11) is 0. The second-order valence-corrected chi connectivity index (χ2v) is 7.13. The van der Waals surface area contributed by atoms with Gasteiger partial charge in [-0.2, -0.15) is 0 Å². The molecule has 2 aromatic carbocycles.